The number of rotatable bonds is 0. The molecule has 0 amide bonds. The summed E-state index contributed by atoms with van der Waals surface area (Å²) in [5, 5.41) is 9.77. The topological polar surface area (TPSA) is 24.7 Å². The largest absolute Gasteiger partial charge is 0.190 e. The summed E-state index contributed by atoms with van der Waals surface area (Å²) < 4.78 is 0. The molecule has 0 spiro atoms. The summed E-state index contributed by atoms with van der Waals surface area (Å²) in [6.07, 6.45) is 7.81. The molecule has 1 aromatic rings. The van der Waals surface area contributed by atoms with E-state index in [1.54, 1.807) is 11.1 Å². The van der Waals surface area contributed by atoms with Crippen LogP contribution < -0.4 is 0 Å². The molecular weight excluding hydrogens is 268 g/mol. The third-order valence-electron chi connectivity index (χ3n) is 8.17. The van der Waals surface area contributed by atoms with E-state index in [-0.39, 0.29) is 0 Å². The van der Waals surface area contributed by atoms with Crippen molar-refractivity contribution in [3.63, 3.8) is 0 Å². The molecule has 8 rings (SSSR count). The maximum atomic E-state index is 4.88. The molecule has 110 valence electrons. The second kappa shape index (κ2) is 3.39. The molecule has 2 heterocycles. The Labute approximate surface area is 130 Å². The van der Waals surface area contributed by atoms with E-state index >= 15 is 0 Å². The highest BCUT2D eigenvalue weighted by molar-refractivity contribution is 5.45. The molecule has 5 aliphatic carbocycles. The Morgan fingerprint density at radius 2 is 1.23 bits per heavy atom. The number of azo groups is 1. The van der Waals surface area contributed by atoms with E-state index in [1.165, 1.54) is 12.8 Å². The van der Waals surface area contributed by atoms with Crippen LogP contribution in [0.3, 0.4) is 0 Å². The number of hydrogen-bond donors (Lipinski definition) is 0. The predicted octanol–water partition coefficient (Wildman–Crippen LogP) is 4.16. The van der Waals surface area contributed by atoms with Crippen molar-refractivity contribution in [2.75, 3.05) is 0 Å². The van der Waals surface area contributed by atoms with Gasteiger partial charge in [0, 0.05) is 0 Å². The van der Waals surface area contributed by atoms with Crippen molar-refractivity contribution < 1.29 is 0 Å². The Morgan fingerprint density at radius 3 is 1.77 bits per heavy atom. The van der Waals surface area contributed by atoms with Crippen molar-refractivity contribution in [3.05, 3.63) is 47.5 Å². The molecule has 0 saturated heterocycles. The zero-order valence-corrected chi connectivity index (χ0v) is 12.5. The van der Waals surface area contributed by atoms with Crippen molar-refractivity contribution in [2.24, 2.45) is 45.7 Å². The van der Waals surface area contributed by atoms with E-state index < -0.39 is 0 Å². The van der Waals surface area contributed by atoms with E-state index in [1.807, 2.05) is 0 Å². The van der Waals surface area contributed by atoms with E-state index in [4.69, 9.17) is 10.2 Å². The summed E-state index contributed by atoms with van der Waals surface area (Å²) in [7, 11) is 0. The average molecular weight is 288 g/mol. The lowest BCUT2D eigenvalue weighted by Gasteiger charge is -2.54. The van der Waals surface area contributed by atoms with E-state index in [2.05, 4.69) is 36.4 Å². The van der Waals surface area contributed by atoms with Crippen LogP contribution in [-0.2, 0) is 0 Å². The van der Waals surface area contributed by atoms with Crippen LogP contribution in [0.5, 0.6) is 0 Å². The smallest absolute Gasteiger partial charge is 0.0783 e. The summed E-state index contributed by atoms with van der Waals surface area (Å²) in [6, 6.07) is 10.3. The first-order valence-electron chi connectivity index (χ1n) is 9.09. The van der Waals surface area contributed by atoms with Crippen LogP contribution in [0.2, 0.25) is 0 Å². The van der Waals surface area contributed by atoms with E-state index in [0.717, 1.165) is 47.3 Å². The van der Waals surface area contributed by atoms with Gasteiger partial charge in [-0.1, -0.05) is 36.4 Å². The highest BCUT2D eigenvalue weighted by Crippen LogP contribution is 2.71. The molecule has 3 fully saturated rings. The van der Waals surface area contributed by atoms with Crippen LogP contribution in [0.15, 0.2) is 46.6 Å². The molecule has 3 saturated carbocycles. The summed E-state index contributed by atoms with van der Waals surface area (Å²) in [4.78, 5) is 0. The first-order chi connectivity index (χ1) is 10.9. The number of hydrogen-bond acceptors (Lipinski definition) is 2. The van der Waals surface area contributed by atoms with Gasteiger partial charge in [-0.25, -0.2) is 0 Å². The Morgan fingerprint density at radius 1 is 0.682 bits per heavy atom. The summed E-state index contributed by atoms with van der Waals surface area (Å²) >= 11 is 0. The number of nitrogens with zero attached hydrogens (tertiary/aromatic N) is 2. The quantitative estimate of drug-likeness (QED) is 0.640. The van der Waals surface area contributed by atoms with Gasteiger partial charge in [-0.05, 0) is 71.3 Å². The normalized spacial score (nSPS) is 57.3. The minimum Gasteiger partial charge on any atom is -0.190 e. The van der Waals surface area contributed by atoms with Crippen LogP contribution in [0.4, 0.5) is 0 Å². The lowest BCUT2D eigenvalue weighted by Crippen LogP contribution is -2.56. The average Bonchev–Trinajstić information content (AvgIpc) is 3.34. The monoisotopic (exact) mass is 288 g/mol. The highest BCUT2D eigenvalue weighted by Gasteiger charge is 2.68. The fourth-order valence-electron chi connectivity index (χ4n) is 7.75. The van der Waals surface area contributed by atoms with E-state index in [0.29, 0.717) is 12.1 Å². The molecule has 0 unspecified atom stereocenters. The van der Waals surface area contributed by atoms with Gasteiger partial charge in [0.05, 0.1) is 12.1 Å². The molecule has 1 aromatic carbocycles. The van der Waals surface area contributed by atoms with Crippen LogP contribution >= 0.6 is 0 Å². The first kappa shape index (κ1) is 11.2. The van der Waals surface area contributed by atoms with Crippen LogP contribution in [0.25, 0.3) is 0 Å². The minimum atomic E-state index is 0.531. The molecule has 7 aliphatic rings. The summed E-state index contributed by atoms with van der Waals surface area (Å²) in [5.74, 6) is 6.45. The fraction of sp³-hybridized carbons (Fsp3) is 0.600. The SMILES string of the molecule is C1=C[C@H]2C[C@@H]1[C@@H]1[C@@H]3N=N[C@@H]([C@@H]4[C@H]3[C@@H]3C[C@H]4c4ccccc43)[C@@H]12. The zero-order valence-electron chi connectivity index (χ0n) is 12.5. The molecule has 0 N–H and O–H groups in total. The van der Waals surface area contributed by atoms with Gasteiger partial charge in [-0.3, -0.25) is 0 Å². The summed E-state index contributed by atoms with van der Waals surface area (Å²) in [6.45, 7) is 0. The van der Waals surface area contributed by atoms with Crippen LogP contribution in [-0.4, -0.2) is 12.1 Å². The van der Waals surface area contributed by atoms with Gasteiger partial charge < -0.3 is 0 Å². The standard InChI is InChI=1S/C20H20N2/c1-2-4-12-11(3-1)13-8-14(12)18-17(13)19-15-9-5-6-10(7-9)16(15)20(18)22-21-19/h1-6,9-10,13-20H,7-8H2/t9-,10+,13-,14+,15+,16-,17-,18+,19+,20-. The number of fused-ring (bicyclic) bond motifs is 7. The number of benzene rings is 1. The van der Waals surface area contributed by atoms with Gasteiger partial charge in [0.1, 0.15) is 0 Å². The predicted molar refractivity (Wildman–Crippen MR) is 83.7 cm³/mol. The van der Waals surface area contributed by atoms with Crippen LogP contribution in [0, 0.1) is 35.5 Å². The fourth-order valence-corrected chi connectivity index (χ4v) is 7.75. The Bertz CT molecular complexity index is 691. The molecule has 2 aliphatic heterocycles. The molecule has 0 radical (unpaired) electrons. The van der Waals surface area contributed by atoms with Gasteiger partial charge in [-0.2, -0.15) is 10.2 Å². The van der Waals surface area contributed by atoms with E-state index in [9.17, 15) is 0 Å². The van der Waals surface area contributed by atoms with Gasteiger partial charge in [0.15, 0.2) is 0 Å². The Balaban J connectivity index is 1.42. The molecule has 0 aromatic heterocycles. The number of allylic oxidation sites excluding steroid dienone is 2. The van der Waals surface area contributed by atoms with Gasteiger partial charge in [0.2, 0.25) is 0 Å². The van der Waals surface area contributed by atoms with Crippen LogP contribution in [0.1, 0.15) is 35.8 Å². The van der Waals surface area contributed by atoms with Gasteiger partial charge in [-0.15, -0.1) is 0 Å². The third-order valence-corrected chi connectivity index (χ3v) is 8.17. The second-order valence-corrected chi connectivity index (χ2v) is 8.55. The molecular formula is C20H20N2. The zero-order chi connectivity index (χ0) is 14.0. The maximum Gasteiger partial charge on any atom is 0.0783 e. The maximum absolute atomic E-state index is 4.88. The Kier molecular flexibility index (Phi) is 1.72. The molecule has 2 heteroatoms. The third kappa shape index (κ3) is 1.00. The minimum absolute atomic E-state index is 0.531. The highest BCUT2D eigenvalue weighted by atomic mass is 15.2. The lowest BCUT2D eigenvalue weighted by molar-refractivity contribution is 0.0190. The van der Waals surface area contributed by atoms with Crippen molar-refractivity contribution in [1.29, 1.82) is 0 Å². The summed E-state index contributed by atoms with van der Waals surface area (Å²) in [5.41, 5.74) is 3.32. The molecule has 2 nitrogen and oxygen atoms in total. The van der Waals surface area contributed by atoms with Gasteiger partial charge in [0.25, 0.3) is 0 Å². The Hall–Kier alpha value is -1.44. The van der Waals surface area contributed by atoms with Crippen molar-refractivity contribution >= 4 is 0 Å². The van der Waals surface area contributed by atoms with Crippen molar-refractivity contribution in [2.45, 2.75) is 36.8 Å². The van der Waals surface area contributed by atoms with Gasteiger partial charge >= 0.3 is 0 Å². The molecule has 10 atom stereocenters. The second-order valence-electron chi connectivity index (χ2n) is 8.55. The molecule has 22 heavy (non-hydrogen) atoms. The lowest BCUT2D eigenvalue weighted by atomic mass is 9.55. The molecule has 6 bridgehead atoms. The van der Waals surface area contributed by atoms with Crippen molar-refractivity contribution in [3.8, 4) is 0 Å². The van der Waals surface area contributed by atoms with Crippen molar-refractivity contribution in [1.82, 2.24) is 0 Å². The first-order valence-corrected chi connectivity index (χ1v) is 9.09.